The molecule has 0 saturated heterocycles. The van der Waals surface area contributed by atoms with E-state index in [1.54, 1.807) is 0 Å². The van der Waals surface area contributed by atoms with E-state index in [2.05, 4.69) is 10.6 Å². The number of aryl methyl sites for hydroxylation is 1. The molecule has 126 valence electrons. The summed E-state index contributed by atoms with van der Waals surface area (Å²) in [5.74, 6) is 0.429. The number of amides is 2. The van der Waals surface area contributed by atoms with Gasteiger partial charge in [0.25, 0.3) is 5.91 Å². The number of benzene rings is 1. The third kappa shape index (κ3) is 3.43. The molecule has 1 heterocycles. The van der Waals surface area contributed by atoms with E-state index in [0.717, 1.165) is 30.6 Å². The van der Waals surface area contributed by atoms with Crippen LogP contribution < -0.4 is 15.4 Å². The van der Waals surface area contributed by atoms with Crippen molar-refractivity contribution in [2.75, 3.05) is 17.2 Å². The summed E-state index contributed by atoms with van der Waals surface area (Å²) in [7, 11) is 0. The van der Waals surface area contributed by atoms with Crippen molar-refractivity contribution in [1.29, 1.82) is 0 Å². The molecular formula is C18H20N2O3S. The normalized spacial score (nSPS) is 12.6. The Morgan fingerprint density at radius 3 is 2.58 bits per heavy atom. The van der Waals surface area contributed by atoms with E-state index in [4.69, 9.17) is 4.74 Å². The van der Waals surface area contributed by atoms with Crippen molar-refractivity contribution in [2.24, 2.45) is 0 Å². The Hall–Kier alpha value is -2.34. The third-order valence-corrected chi connectivity index (χ3v) is 5.07. The zero-order chi connectivity index (χ0) is 17.1. The molecule has 1 aromatic carbocycles. The highest BCUT2D eigenvalue weighted by atomic mass is 32.1. The van der Waals surface area contributed by atoms with Crippen LogP contribution in [0.15, 0.2) is 24.3 Å². The molecule has 5 nitrogen and oxygen atoms in total. The molecule has 0 atom stereocenters. The highest BCUT2D eigenvalue weighted by Gasteiger charge is 2.27. The smallest absolute Gasteiger partial charge is 0.258 e. The first-order valence-corrected chi connectivity index (χ1v) is 8.86. The Morgan fingerprint density at radius 2 is 1.92 bits per heavy atom. The van der Waals surface area contributed by atoms with Gasteiger partial charge in [0, 0.05) is 17.5 Å². The van der Waals surface area contributed by atoms with Gasteiger partial charge >= 0.3 is 0 Å². The topological polar surface area (TPSA) is 67.4 Å². The zero-order valence-electron chi connectivity index (χ0n) is 13.8. The molecule has 3 rings (SSSR count). The highest BCUT2D eigenvalue weighted by molar-refractivity contribution is 7.17. The van der Waals surface area contributed by atoms with E-state index in [1.165, 1.54) is 23.1 Å². The van der Waals surface area contributed by atoms with Crippen LogP contribution in [0.1, 0.15) is 41.1 Å². The number of hydrogen-bond donors (Lipinski definition) is 2. The van der Waals surface area contributed by atoms with E-state index in [9.17, 15) is 9.59 Å². The monoisotopic (exact) mass is 344 g/mol. The molecule has 1 aliphatic rings. The average Bonchev–Trinajstić information content (AvgIpc) is 3.09. The first-order valence-electron chi connectivity index (χ1n) is 8.04. The molecule has 2 N–H and O–H groups in total. The molecule has 0 unspecified atom stereocenters. The van der Waals surface area contributed by atoms with Gasteiger partial charge in [-0.25, -0.2) is 0 Å². The van der Waals surface area contributed by atoms with Crippen molar-refractivity contribution in [1.82, 2.24) is 0 Å². The van der Waals surface area contributed by atoms with E-state index in [1.807, 2.05) is 31.2 Å². The van der Waals surface area contributed by atoms with Crippen LogP contribution in [0.2, 0.25) is 0 Å². The third-order valence-electron chi connectivity index (χ3n) is 3.86. The van der Waals surface area contributed by atoms with Gasteiger partial charge in [-0.05, 0) is 56.0 Å². The molecule has 0 saturated carbocycles. The fourth-order valence-corrected chi connectivity index (χ4v) is 4.22. The average molecular weight is 344 g/mol. The summed E-state index contributed by atoms with van der Waals surface area (Å²) in [6, 6.07) is 7.28. The lowest BCUT2D eigenvalue weighted by molar-refractivity contribution is -0.114. The fraction of sp³-hybridized carbons (Fsp3) is 0.333. The van der Waals surface area contributed by atoms with Crippen LogP contribution in [0.3, 0.4) is 0 Å². The maximum atomic E-state index is 12.8. The van der Waals surface area contributed by atoms with Crippen molar-refractivity contribution >= 4 is 33.8 Å². The molecule has 0 fully saturated rings. The maximum Gasteiger partial charge on any atom is 0.258 e. The second kappa shape index (κ2) is 7.05. The first kappa shape index (κ1) is 16.5. The van der Waals surface area contributed by atoms with Gasteiger partial charge in [-0.1, -0.05) is 0 Å². The van der Waals surface area contributed by atoms with Gasteiger partial charge in [-0.3, -0.25) is 9.59 Å². The summed E-state index contributed by atoms with van der Waals surface area (Å²) in [6.45, 7) is 3.99. The maximum absolute atomic E-state index is 12.8. The zero-order valence-corrected chi connectivity index (χ0v) is 14.6. The molecule has 0 aliphatic heterocycles. The molecular weight excluding hydrogens is 324 g/mol. The molecule has 2 amide bonds. The minimum absolute atomic E-state index is 0.162. The van der Waals surface area contributed by atoms with Crippen molar-refractivity contribution in [3.05, 3.63) is 40.3 Å². The summed E-state index contributed by atoms with van der Waals surface area (Å²) in [5.41, 5.74) is 2.39. The van der Waals surface area contributed by atoms with Crippen LogP contribution in [0, 0.1) is 0 Å². The van der Waals surface area contributed by atoms with Crippen LogP contribution in [-0.2, 0) is 17.6 Å². The van der Waals surface area contributed by atoms with Crippen molar-refractivity contribution in [2.45, 2.75) is 33.1 Å². The van der Waals surface area contributed by atoms with Crippen LogP contribution in [0.5, 0.6) is 5.75 Å². The number of anilines is 2. The Kier molecular flexibility index (Phi) is 4.85. The van der Waals surface area contributed by atoms with Gasteiger partial charge < -0.3 is 15.4 Å². The minimum atomic E-state index is -0.178. The molecule has 1 aliphatic carbocycles. The van der Waals surface area contributed by atoms with Gasteiger partial charge in [0.15, 0.2) is 0 Å². The second-order valence-electron chi connectivity index (χ2n) is 5.65. The molecule has 1 aromatic heterocycles. The van der Waals surface area contributed by atoms with Gasteiger partial charge in [-0.15, -0.1) is 11.3 Å². The molecule has 0 bridgehead atoms. The standard InChI is InChI=1S/C18H20N2O3S/c1-3-23-13-9-7-12(8-10-13)20-17(22)16-14-5-4-6-15(14)24-18(16)19-11(2)21/h7-10H,3-6H2,1-2H3,(H,19,21)(H,20,22). The summed E-state index contributed by atoms with van der Waals surface area (Å²) in [5, 5.41) is 6.36. The van der Waals surface area contributed by atoms with E-state index >= 15 is 0 Å². The Balaban J connectivity index is 1.82. The predicted molar refractivity (Wildman–Crippen MR) is 96.2 cm³/mol. The predicted octanol–water partition coefficient (Wildman–Crippen LogP) is 3.85. The Bertz CT molecular complexity index is 765. The molecule has 6 heteroatoms. The van der Waals surface area contributed by atoms with Crippen LogP contribution >= 0.6 is 11.3 Å². The lowest BCUT2D eigenvalue weighted by Gasteiger charge is -2.09. The lowest BCUT2D eigenvalue weighted by Crippen LogP contribution is -2.16. The quantitative estimate of drug-likeness (QED) is 0.866. The molecule has 0 radical (unpaired) electrons. The fourth-order valence-electron chi connectivity index (χ4n) is 2.89. The van der Waals surface area contributed by atoms with E-state index in [-0.39, 0.29) is 11.8 Å². The van der Waals surface area contributed by atoms with Crippen molar-refractivity contribution in [3.63, 3.8) is 0 Å². The van der Waals surface area contributed by atoms with Crippen molar-refractivity contribution < 1.29 is 14.3 Å². The van der Waals surface area contributed by atoms with Gasteiger partial charge in [0.05, 0.1) is 12.2 Å². The number of carbonyl (C=O) groups excluding carboxylic acids is 2. The van der Waals surface area contributed by atoms with Gasteiger partial charge in [0.2, 0.25) is 5.91 Å². The lowest BCUT2D eigenvalue weighted by atomic mass is 10.1. The first-order chi connectivity index (χ1) is 11.6. The number of thiophene rings is 1. The summed E-state index contributed by atoms with van der Waals surface area (Å²) in [4.78, 5) is 25.4. The van der Waals surface area contributed by atoms with Gasteiger partial charge in [0.1, 0.15) is 10.8 Å². The van der Waals surface area contributed by atoms with Crippen LogP contribution in [0.25, 0.3) is 0 Å². The van der Waals surface area contributed by atoms with Crippen LogP contribution in [-0.4, -0.2) is 18.4 Å². The number of hydrogen-bond acceptors (Lipinski definition) is 4. The number of fused-ring (bicyclic) bond motifs is 1. The largest absolute Gasteiger partial charge is 0.494 e. The van der Waals surface area contributed by atoms with E-state index in [0.29, 0.717) is 22.9 Å². The van der Waals surface area contributed by atoms with E-state index < -0.39 is 0 Å². The highest BCUT2D eigenvalue weighted by Crippen LogP contribution is 2.39. The number of carbonyl (C=O) groups is 2. The summed E-state index contributed by atoms with van der Waals surface area (Å²) in [6.07, 6.45) is 2.92. The molecule has 0 spiro atoms. The van der Waals surface area contributed by atoms with Gasteiger partial charge in [-0.2, -0.15) is 0 Å². The second-order valence-corrected chi connectivity index (χ2v) is 6.76. The number of nitrogens with one attached hydrogen (secondary N) is 2. The number of ether oxygens (including phenoxy) is 1. The SMILES string of the molecule is CCOc1ccc(NC(=O)c2c(NC(C)=O)sc3c2CCC3)cc1. The molecule has 24 heavy (non-hydrogen) atoms. The Labute approximate surface area is 145 Å². The van der Waals surface area contributed by atoms with Crippen molar-refractivity contribution in [3.8, 4) is 5.75 Å². The summed E-state index contributed by atoms with van der Waals surface area (Å²) < 4.78 is 5.40. The number of rotatable bonds is 5. The summed E-state index contributed by atoms with van der Waals surface area (Å²) >= 11 is 1.51. The Morgan fingerprint density at radius 1 is 1.17 bits per heavy atom. The minimum Gasteiger partial charge on any atom is -0.494 e. The molecule has 2 aromatic rings. The van der Waals surface area contributed by atoms with Crippen LogP contribution in [0.4, 0.5) is 10.7 Å².